The number of carbonyl (C=O) groups is 1. The highest BCUT2D eigenvalue weighted by Crippen LogP contribution is 2.41. The van der Waals surface area contributed by atoms with Crippen molar-refractivity contribution in [1.29, 1.82) is 0 Å². The van der Waals surface area contributed by atoms with Gasteiger partial charge in [-0.25, -0.2) is 26.6 Å². The van der Waals surface area contributed by atoms with Gasteiger partial charge >= 0.3 is 13.4 Å². The Bertz CT molecular complexity index is 914. The van der Waals surface area contributed by atoms with Crippen LogP contribution in [-0.4, -0.2) is 24.2 Å². The summed E-state index contributed by atoms with van der Waals surface area (Å²) in [5, 5.41) is -0.408. The minimum Gasteiger partial charge on any atom is -0.474 e. The Balaban J connectivity index is 2.33. The first-order valence-electron chi connectivity index (χ1n) is 6.89. The fraction of sp³-hybridized carbons (Fsp3) is 0.286. The fourth-order valence-corrected chi connectivity index (χ4v) is 2.65. The number of pyridine rings is 1. The number of halogens is 5. The molecular formula is C14H9BF5NO3. The minimum absolute atomic E-state index is 0.0414. The normalized spacial score (nSPS) is 19.4. The van der Waals surface area contributed by atoms with E-state index in [-0.39, 0.29) is 17.5 Å². The van der Waals surface area contributed by atoms with Crippen molar-refractivity contribution in [1.82, 2.24) is 4.57 Å². The van der Waals surface area contributed by atoms with Gasteiger partial charge in [-0.05, 0) is 13.0 Å². The molecule has 0 saturated heterocycles. The Morgan fingerprint density at radius 1 is 1.38 bits per heavy atom. The van der Waals surface area contributed by atoms with Gasteiger partial charge in [-0.2, -0.15) is 0 Å². The van der Waals surface area contributed by atoms with E-state index in [9.17, 15) is 31.4 Å². The van der Waals surface area contributed by atoms with Gasteiger partial charge in [0.05, 0.1) is 11.6 Å². The molecule has 3 rings (SSSR count). The molecule has 0 spiro atoms. The second-order valence-corrected chi connectivity index (χ2v) is 5.46. The predicted molar refractivity (Wildman–Crippen MR) is 74.8 cm³/mol. The number of alkyl halides is 1. The second-order valence-electron chi connectivity index (χ2n) is 5.46. The van der Waals surface area contributed by atoms with Crippen LogP contribution < -0.4 is 5.43 Å². The summed E-state index contributed by atoms with van der Waals surface area (Å²) in [6.07, 6.45) is -0.411. The average molecular weight is 345 g/mol. The van der Waals surface area contributed by atoms with E-state index in [4.69, 9.17) is 0 Å². The number of rotatable bonds is 3. The van der Waals surface area contributed by atoms with E-state index in [0.717, 1.165) is 10.8 Å². The van der Waals surface area contributed by atoms with Crippen LogP contribution in [0.5, 0.6) is 0 Å². The molecule has 1 fully saturated rings. The van der Waals surface area contributed by atoms with E-state index < -0.39 is 53.7 Å². The van der Waals surface area contributed by atoms with Crippen molar-refractivity contribution < 1.29 is 31.3 Å². The highest BCUT2D eigenvalue weighted by molar-refractivity contribution is 6.38. The first-order valence-corrected chi connectivity index (χ1v) is 6.89. The number of fused-ring (bicyclic) bond motifs is 1. The van der Waals surface area contributed by atoms with Gasteiger partial charge in [0.25, 0.3) is 0 Å². The molecule has 1 heterocycles. The van der Waals surface area contributed by atoms with Crippen LogP contribution in [0.25, 0.3) is 10.9 Å². The molecule has 1 aromatic heterocycles. The van der Waals surface area contributed by atoms with Crippen molar-refractivity contribution in [2.45, 2.75) is 25.6 Å². The highest BCUT2D eigenvalue weighted by Gasteiger charge is 2.41. The van der Waals surface area contributed by atoms with E-state index in [0.29, 0.717) is 6.07 Å². The zero-order chi connectivity index (χ0) is 17.8. The van der Waals surface area contributed by atoms with Crippen LogP contribution in [0.15, 0.2) is 17.1 Å². The summed E-state index contributed by atoms with van der Waals surface area (Å²) in [6.45, 7) is 1.20. The smallest absolute Gasteiger partial charge is 0.474 e. The van der Waals surface area contributed by atoms with Gasteiger partial charge in [-0.3, -0.25) is 4.79 Å². The molecule has 126 valence electrons. The summed E-state index contributed by atoms with van der Waals surface area (Å²) in [7, 11) is -3.46. The van der Waals surface area contributed by atoms with Crippen molar-refractivity contribution in [3.05, 3.63) is 45.2 Å². The summed E-state index contributed by atoms with van der Waals surface area (Å²) in [6, 6.07) is -0.236. The van der Waals surface area contributed by atoms with Crippen molar-refractivity contribution in [2.24, 2.45) is 0 Å². The zero-order valence-electron chi connectivity index (χ0n) is 12.2. The Hall–Kier alpha value is -2.39. The van der Waals surface area contributed by atoms with Crippen molar-refractivity contribution in [3.63, 3.8) is 0 Å². The quantitative estimate of drug-likeness (QED) is 0.635. The summed E-state index contributed by atoms with van der Waals surface area (Å²) in [5.74, 6) is -4.17. The molecule has 2 atom stereocenters. The lowest BCUT2D eigenvalue weighted by molar-refractivity contribution is 0.0693. The molecule has 0 N–H and O–H groups in total. The molecule has 1 aromatic carbocycles. The minimum atomic E-state index is -3.46. The van der Waals surface area contributed by atoms with E-state index in [1.165, 1.54) is 6.92 Å². The van der Waals surface area contributed by atoms with Gasteiger partial charge in [0.1, 0.15) is 11.7 Å². The first kappa shape index (κ1) is 16.5. The van der Waals surface area contributed by atoms with Crippen LogP contribution in [0.1, 0.15) is 28.4 Å². The van der Waals surface area contributed by atoms with Gasteiger partial charge in [0.15, 0.2) is 11.6 Å². The number of hydrogen-bond acceptors (Lipinski definition) is 3. The molecule has 1 saturated carbocycles. The molecule has 1 unspecified atom stereocenters. The molecule has 0 radical (unpaired) electrons. The first-order chi connectivity index (χ1) is 11.2. The van der Waals surface area contributed by atoms with Crippen LogP contribution in [0, 0.1) is 18.6 Å². The predicted octanol–water partition coefficient (Wildman–Crippen LogP) is 2.95. The largest absolute Gasteiger partial charge is 0.798 e. The summed E-state index contributed by atoms with van der Waals surface area (Å²) >= 11 is 0. The number of carbonyl (C=O) groups excluding carboxylic acids is 1. The third kappa shape index (κ3) is 2.55. The van der Waals surface area contributed by atoms with Crippen LogP contribution in [0.2, 0.25) is 0 Å². The van der Waals surface area contributed by atoms with Crippen molar-refractivity contribution in [2.75, 3.05) is 0 Å². The second kappa shape index (κ2) is 5.61. The molecule has 0 amide bonds. The Morgan fingerprint density at radius 3 is 2.54 bits per heavy atom. The number of benzene rings is 1. The molecule has 1 aliphatic rings. The van der Waals surface area contributed by atoms with E-state index in [1.54, 1.807) is 0 Å². The van der Waals surface area contributed by atoms with E-state index >= 15 is 0 Å². The number of hydrogen-bond donors (Lipinski definition) is 0. The van der Waals surface area contributed by atoms with Crippen molar-refractivity contribution in [3.8, 4) is 0 Å². The zero-order valence-corrected chi connectivity index (χ0v) is 12.2. The van der Waals surface area contributed by atoms with Gasteiger partial charge in [0.2, 0.25) is 5.43 Å². The van der Waals surface area contributed by atoms with Crippen LogP contribution in [-0.2, 0) is 4.65 Å². The molecular weight excluding hydrogens is 336 g/mol. The topological polar surface area (TPSA) is 48.3 Å². The molecule has 2 aromatic rings. The lowest BCUT2D eigenvalue weighted by Crippen LogP contribution is -2.24. The lowest BCUT2D eigenvalue weighted by Gasteiger charge is -2.15. The fourth-order valence-electron chi connectivity index (χ4n) is 2.65. The molecule has 1 aliphatic carbocycles. The van der Waals surface area contributed by atoms with Gasteiger partial charge < -0.3 is 9.22 Å². The summed E-state index contributed by atoms with van der Waals surface area (Å²) in [4.78, 5) is 24.0. The summed E-state index contributed by atoms with van der Waals surface area (Å²) in [5.41, 5.74) is -2.22. The summed E-state index contributed by atoms with van der Waals surface area (Å²) < 4.78 is 70.1. The van der Waals surface area contributed by atoms with Gasteiger partial charge in [0, 0.05) is 23.6 Å². The van der Waals surface area contributed by atoms with Gasteiger partial charge in [-0.15, -0.1) is 0 Å². The lowest BCUT2D eigenvalue weighted by atomic mass is 10.1. The Morgan fingerprint density at radius 2 is 2.00 bits per heavy atom. The third-order valence-corrected chi connectivity index (χ3v) is 3.89. The van der Waals surface area contributed by atoms with Gasteiger partial charge in [-0.1, -0.05) is 0 Å². The Labute approximate surface area is 132 Å². The third-order valence-electron chi connectivity index (χ3n) is 3.89. The Kier molecular flexibility index (Phi) is 3.85. The molecule has 0 aliphatic heterocycles. The maximum absolute atomic E-state index is 13.8. The van der Waals surface area contributed by atoms with E-state index in [1.807, 2.05) is 0 Å². The molecule has 10 heteroatoms. The van der Waals surface area contributed by atoms with Crippen molar-refractivity contribution >= 4 is 24.3 Å². The molecule has 4 nitrogen and oxygen atoms in total. The highest BCUT2D eigenvalue weighted by atomic mass is 19.2. The SMILES string of the molecule is Cc1c(F)c(F)cc2c(=O)c(C(=O)OB(F)F)cn(C3C[C@@H]3F)c12. The standard InChI is InChI=1S/C14H9BF5NO3/c1-5-11(18)9(17)2-6-12(5)21(10-3-8(10)16)4-7(13(6)22)14(23)24-15(19)20/h2,4,8,10H,3H2,1H3/t8-,10?/m0/s1. The number of aromatic nitrogens is 1. The monoisotopic (exact) mass is 345 g/mol. The number of nitrogens with zero attached hydrogens (tertiary/aromatic N) is 1. The van der Waals surface area contributed by atoms with E-state index in [2.05, 4.69) is 4.65 Å². The maximum Gasteiger partial charge on any atom is 0.798 e. The average Bonchev–Trinajstić information content (AvgIpc) is 3.22. The molecule has 0 bridgehead atoms. The van der Waals surface area contributed by atoms with Crippen LogP contribution >= 0.6 is 0 Å². The number of aryl methyl sites for hydroxylation is 1. The van der Waals surface area contributed by atoms with Crippen LogP contribution in [0.4, 0.5) is 21.8 Å². The van der Waals surface area contributed by atoms with Crippen LogP contribution in [0.3, 0.4) is 0 Å². The maximum atomic E-state index is 13.8. The molecule has 24 heavy (non-hydrogen) atoms.